The minimum atomic E-state index is 0. The lowest BCUT2D eigenvalue weighted by atomic mass is 10.3. The molecule has 154 valence electrons. The number of nitrogens with zero attached hydrogens (tertiary/aromatic N) is 6. The Labute approximate surface area is 187 Å². The van der Waals surface area contributed by atoms with E-state index >= 15 is 0 Å². The lowest BCUT2D eigenvalue weighted by Gasteiger charge is -2.34. The van der Waals surface area contributed by atoms with Crippen LogP contribution in [0.1, 0.15) is 16.8 Å². The number of thiazole rings is 1. The first-order valence-corrected chi connectivity index (χ1v) is 10.2. The lowest BCUT2D eigenvalue weighted by Crippen LogP contribution is -2.49. The number of aryl methyl sites for hydroxylation is 1. The van der Waals surface area contributed by atoms with E-state index < -0.39 is 0 Å². The van der Waals surface area contributed by atoms with Gasteiger partial charge in [-0.3, -0.25) is 4.90 Å². The van der Waals surface area contributed by atoms with Gasteiger partial charge >= 0.3 is 0 Å². The number of hydrogen-bond acceptors (Lipinski definition) is 7. The number of aliphatic imine (C=N–C) groups is 1. The van der Waals surface area contributed by atoms with Gasteiger partial charge in [0, 0.05) is 69.3 Å². The monoisotopic (exact) mass is 516 g/mol. The van der Waals surface area contributed by atoms with Crippen molar-refractivity contribution in [3.05, 3.63) is 34.5 Å². The minimum Gasteiger partial charge on any atom is -0.357 e. The molecule has 1 aliphatic rings. The van der Waals surface area contributed by atoms with Gasteiger partial charge in [0.2, 0.25) is 5.95 Å². The summed E-state index contributed by atoms with van der Waals surface area (Å²) >= 11 is 1.70. The predicted molar refractivity (Wildman–Crippen MR) is 126 cm³/mol. The molecule has 0 saturated carbocycles. The molecule has 3 heterocycles. The number of guanidine groups is 1. The molecule has 1 aliphatic heterocycles. The molecule has 10 heteroatoms. The van der Waals surface area contributed by atoms with Crippen molar-refractivity contribution in [3.8, 4) is 0 Å². The van der Waals surface area contributed by atoms with Crippen molar-refractivity contribution in [2.45, 2.75) is 20.4 Å². The van der Waals surface area contributed by atoms with Gasteiger partial charge in [0.05, 0.1) is 6.54 Å². The highest BCUT2D eigenvalue weighted by atomic mass is 127. The first-order valence-electron chi connectivity index (χ1n) is 9.42. The highest BCUT2D eigenvalue weighted by molar-refractivity contribution is 14.0. The van der Waals surface area contributed by atoms with E-state index in [-0.39, 0.29) is 24.0 Å². The van der Waals surface area contributed by atoms with E-state index in [2.05, 4.69) is 54.2 Å². The van der Waals surface area contributed by atoms with Crippen LogP contribution in [0, 0.1) is 6.92 Å². The maximum atomic E-state index is 4.63. The van der Waals surface area contributed by atoms with Crippen LogP contribution >= 0.6 is 35.3 Å². The van der Waals surface area contributed by atoms with Crippen molar-refractivity contribution in [1.29, 1.82) is 0 Å². The van der Waals surface area contributed by atoms with Gasteiger partial charge in [0.15, 0.2) is 5.96 Å². The zero-order valence-electron chi connectivity index (χ0n) is 16.5. The summed E-state index contributed by atoms with van der Waals surface area (Å²) in [7, 11) is 0. The molecule has 8 nitrogen and oxygen atoms in total. The third-order valence-corrected chi connectivity index (χ3v) is 5.21. The normalized spacial score (nSPS) is 15.2. The Morgan fingerprint density at radius 1 is 1.14 bits per heavy atom. The van der Waals surface area contributed by atoms with Crippen molar-refractivity contribution >= 4 is 47.2 Å². The van der Waals surface area contributed by atoms with Gasteiger partial charge in [-0.1, -0.05) is 0 Å². The Hall–Kier alpha value is -1.53. The molecule has 0 bridgehead atoms. The highest BCUT2D eigenvalue weighted by Gasteiger charge is 2.18. The van der Waals surface area contributed by atoms with Crippen LogP contribution < -0.4 is 15.5 Å². The molecule has 0 amide bonds. The molecule has 0 aliphatic carbocycles. The molecule has 2 aromatic rings. The van der Waals surface area contributed by atoms with Gasteiger partial charge in [-0.15, -0.1) is 35.3 Å². The van der Waals surface area contributed by atoms with Gasteiger partial charge in [0.25, 0.3) is 0 Å². The van der Waals surface area contributed by atoms with Gasteiger partial charge in [-0.25, -0.2) is 19.9 Å². The largest absolute Gasteiger partial charge is 0.357 e. The molecule has 1 fully saturated rings. The smallest absolute Gasteiger partial charge is 0.225 e. The summed E-state index contributed by atoms with van der Waals surface area (Å²) in [6.45, 7) is 11.4. The number of piperazine rings is 1. The summed E-state index contributed by atoms with van der Waals surface area (Å²) in [6.07, 6.45) is 5.50. The number of aromatic nitrogens is 3. The Bertz CT molecular complexity index is 715. The van der Waals surface area contributed by atoms with Crippen LogP contribution in [0.4, 0.5) is 5.95 Å². The average Bonchev–Trinajstić information content (AvgIpc) is 3.12. The van der Waals surface area contributed by atoms with E-state index in [9.17, 15) is 0 Å². The maximum Gasteiger partial charge on any atom is 0.225 e. The lowest BCUT2D eigenvalue weighted by molar-refractivity contribution is 0.260. The molecule has 0 spiro atoms. The van der Waals surface area contributed by atoms with E-state index in [1.807, 2.05) is 12.3 Å². The molecule has 28 heavy (non-hydrogen) atoms. The fourth-order valence-electron chi connectivity index (χ4n) is 2.92. The minimum absolute atomic E-state index is 0. The van der Waals surface area contributed by atoms with Crippen LogP contribution in [0.5, 0.6) is 0 Å². The SMILES string of the molecule is CCNC(=NCc1ncc(C)s1)NCCN1CCN(c2ncccn2)CC1.I. The summed E-state index contributed by atoms with van der Waals surface area (Å²) < 4.78 is 0. The molecule has 2 N–H and O–H groups in total. The van der Waals surface area contributed by atoms with E-state index in [0.29, 0.717) is 6.54 Å². The molecular weight excluding hydrogens is 487 g/mol. The van der Waals surface area contributed by atoms with E-state index in [1.165, 1.54) is 4.88 Å². The van der Waals surface area contributed by atoms with Crippen LogP contribution in [0.15, 0.2) is 29.6 Å². The number of hydrogen-bond donors (Lipinski definition) is 2. The van der Waals surface area contributed by atoms with Crippen LogP contribution in [-0.4, -0.2) is 71.6 Å². The number of rotatable bonds is 7. The summed E-state index contributed by atoms with van der Waals surface area (Å²) in [4.78, 5) is 23.6. The Morgan fingerprint density at radius 3 is 2.54 bits per heavy atom. The second kappa shape index (κ2) is 12.1. The maximum absolute atomic E-state index is 4.63. The van der Waals surface area contributed by atoms with Crippen LogP contribution in [-0.2, 0) is 6.54 Å². The van der Waals surface area contributed by atoms with Crippen molar-refractivity contribution in [2.24, 2.45) is 4.99 Å². The third kappa shape index (κ3) is 7.13. The summed E-state index contributed by atoms with van der Waals surface area (Å²) in [5.74, 6) is 1.68. The zero-order valence-corrected chi connectivity index (χ0v) is 19.6. The Kier molecular flexibility index (Phi) is 9.85. The van der Waals surface area contributed by atoms with Gasteiger partial charge < -0.3 is 15.5 Å². The molecule has 1 saturated heterocycles. The molecule has 0 atom stereocenters. The number of halogens is 1. The van der Waals surface area contributed by atoms with Gasteiger partial charge in [0.1, 0.15) is 5.01 Å². The van der Waals surface area contributed by atoms with Crippen molar-refractivity contribution in [1.82, 2.24) is 30.5 Å². The second-order valence-corrected chi connectivity index (χ2v) is 7.68. The molecule has 0 aromatic carbocycles. The first-order chi connectivity index (χ1) is 13.2. The van der Waals surface area contributed by atoms with Crippen molar-refractivity contribution in [3.63, 3.8) is 0 Å². The molecule has 0 radical (unpaired) electrons. The van der Waals surface area contributed by atoms with Gasteiger partial charge in [-0.05, 0) is 19.9 Å². The van der Waals surface area contributed by atoms with Gasteiger partial charge in [-0.2, -0.15) is 0 Å². The van der Waals surface area contributed by atoms with Crippen LogP contribution in [0.3, 0.4) is 0 Å². The molecule has 0 unspecified atom stereocenters. The third-order valence-electron chi connectivity index (χ3n) is 4.31. The van der Waals surface area contributed by atoms with E-state index in [0.717, 1.165) is 62.7 Å². The van der Waals surface area contributed by atoms with Crippen molar-refractivity contribution in [2.75, 3.05) is 50.7 Å². The van der Waals surface area contributed by atoms with Crippen LogP contribution in [0.2, 0.25) is 0 Å². The fraction of sp³-hybridized carbons (Fsp3) is 0.556. The van der Waals surface area contributed by atoms with E-state index in [1.54, 1.807) is 23.7 Å². The number of nitrogens with one attached hydrogen (secondary N) is 2. The van der Waals surface area contributed by atoms with Crippen LogP contribution in [0.25, 0.3) is 0 Å². The molecule has 3 rings (SSSR count). The Morgan fingerprint density at radius 2 is 1.89 bits per heavy atom. The zero-order chi connectivity index (χ0) is 18.9. The van der Waals surface area contributed by atoms with E-state index in [4.69, 9.17) is 0 Å². The quantitative estimate of drug-likeness (QED) is 0.330. The summed E-state index contributed by atoms with van der Waals surface area (Å²) in [6, 6.07) is 1.85. The number of anilines is 1. The standard InChI is InChI=1S/C18H28N8S.HI/c1-3-19-17(24-14-16-23-13-15(2)27-16)20-7-8-25-9-11-26(12-10-25)18-21-5-4-6-22-18;/h4-6,13H,3,7-12,14H2,1-2H3,(H2,19,20,24);1H. The molecular formula is C18H29IN8S. The Balaban J connectivity index is 0.00000280. The summed E-state index contributed by atoms with van der Waals surface area (Å²) in [5.41, 5.74) is 0. The second-order valence-electron chi connectivity index (χ2n) is 6.36. The predicted octanol–water partition coefficient (Wildman–Crippen LogP) is 1.74. The average molecular weight is 516 g/mol. The summed E-state index contributed by atoms with van der Waals surface area (Å²) in [5, 5.41) is 7.77. The van der Waals surface area contributed by atoms with Crippen molar-refractivity contribution < 1.29 is 0 Å². The fourth-order valence-corrected chi connectivity index (χ4v) is 3.63. The first kappa shape index (κ1) is 22.8. The topological polar surface area (TPSA) is 81.6 Å². The molecule has 2 aromatic heterocycles. The highest BCUT2D eigenvalue weighted by Crippen LogP contribution is 2.12.